The number of esters is 1. The molecule has 1 fully saturated rings. The van der Waals surface area contributed by atoms with E-state index in [-0.39, 0.29) is 24.4 Å². The molecule has 2 aromatic carbocycles. The van der Waals surface area contributed by atoms with Crippen LogP contribution >= 0.6 is 0 Å². The molecule has 2 atom stereocenters. The first-order valence-corrected chi connectivity index (χ1v) is 12.9. The van der Waals surface area contributed by atoms with Gasteiger partial charge in [0.15, 0.2) is 0 Å². The predicted molar refractivity (Wildman–Crippen MR) is 139 cm³/mol. The van der Waals surface area contributed by atoms with E-state index in [0.717, 1.165) is 24.8 Å². The van der Waals surface area contributed by atoms with Gasteiger partial charge in [-0.2, -0.15) is 5.26 Å². The Morgan fingerprint density at radius 2 is 1.86 bits per heavy atom. The Bertz CT molecular complexity index is 1160. The van der Waals surface area contributed by atoms with Crippen LogP contribution in [0.1, 0.15) is 41.5 Å². The molecule has 0 aromatic heterocycles. The summed E-state index contributed by atoms with van der Waals surface area (Å²) in [6.45, 7) is 2.09. The third kappa shape index (κ3) is 6.67. The first-order chi connectivity index (χ1) is 18.0. The van der Waals surface area contributed by atoms with E-state index < -0.39 is 11.9 Å². The molecule has 0 unspecified atom stereocenters. The van der Waals surface area contributed by atoms with Gasteiger partial charge in [0.25, 0.3) is 0 Å². The first kappa shape index (κ1) is 26.2. The summed E-state index contributed by atoms with van der Waals surface area (Å²) in [6, 6.07) is 17.7. The summed E-state index contributed by atoms with van der Waals surface area (Å²) >= 11 is 0. The number of amides is 3. The third-order valence-corrected chi connectivity index (χ3v) is 7.39. The standard InChI is InChI=1S/C29H34N4O4/c1-37-27(34)18-25-17-26(33(28(25)35)13-5-8-21-6-3-2-4-7-21)20-31-29(36)32-14-11-23-10-9-22(19-30)16-24(23)12-15-32/h2-4,6-7,9-10,16,25-26H,5,8,11-15,17-18,20H2,1H3,(H,31,36)/t25-,26-/m0/s1. The average molecular weight is 503 g/mol. The van der Waals surface area contributed by atoms with E-state index >= 15 is 0 Å². The maximum Gasteiger partial charge on any atom is 0.317 e. The van der Waals surface area contributed by atoms with Gasteiger partial charge in [0.1, 0.15) is 0 Å². The SMILES string of the molecule is COC(=O)C[C@@H]1C[C@@H](CNC(=O)N2CCc3ccc(C#N)cc3CC2)N(CCCc2ccccc2)C1=O. The van der Waals surface area contributed by atoms with E-state index in [1.165, 1.54) is 18.2 Å². The average Bonchev–Trinajstić information content (AvgIpc) is 3.07. The lowest BCUT2D eigenvalue weighted by Gasteiger charge is -2.27. The minimum absolute atomic E-state index is 0.0452. The van der Waals surface area contributed by atoms with Gasteiger partial charge in [-0.1, -0.05) is 36.4 Å². The number of benzene rings is 2. The second kappa shape index (κ2) is 12.4. The maximum absolute atomic E-state index is 13.2. The number of ether oxygens (including phenoxy) is 1. The molecule has 194 valence electrons. The number of carbonyl (C=O) groups excluding carboxylic acids is 3. The molecular weight excluding hydrogens is 468 g/mol. The minimum Gasteiger partial charge on any atom is -0.469 e. The fraction of sp³-hybridized carbons (Fsp3) is 0.448. The van der Waals surface area contributed by atoms with E-state index in [1.54, 1.807) is 4.90 Å². The normalized spacial score (nSPS) is 19.1. The highest BCUT2D eigenvalue weighted by molar-refractivity contribution is 5.86. The number of fused-ring (bicyclic) bond motifs is 1. The first-order valence-electron chi connectivity index (χ1n) is 12.9. The molecule has 4 rings (SSSR count). The molecule has 37 heavy (non-hydrogen) atoms. The lowest BCUT2D eigenvalue weighted by Crippen LogP contribution is -2.47. The van der Waals surface area contributed by atoms with Crippen LogP contribution in [0.2, 0.25) is 0 Å². The summed E-state index contributed by atoms with van der Waals surface area (Å²) in [5, 5.41) is 12.2. The summed E-state index contributed by atoms with van der Waals surface area (Å²) in [4.78, 5) is 41.7. The molecule has 0 spiro atoms. The maximum atomic E-state index is 13.2. The predicted octanol–water partition coefficient (Wildman–Crippen LogP) is 3.08. The van der Waals surface area contributed by atoms with Gasteiger partial charge < -0.3 is 19.9 Å². The summed E-state index contributed by atoms with van der Waals surface area (Å²) in [6.07, 6.45) is 3.68. The number of nitriles is 1. The van der Waals surface area contributed by atoms with Crippen molar-refractivity contribution in [2.75, 3.05) is 33.3 Å². The number of nitrogens with one attached hydrogen (secondary N) is 1. The molecule has 3 amide bonds. The highest BCUT2D eigenvalue weighted by Gasteiger charge is 2.40. The number of rotatable bonds is 8. The summed E-state index contributed by atoms with van der Waals surface area (Å²) < 4.78 is 4.80. The van der Waals surface area contributed by atoms with Crippen LogP contribution in [0.4, 0.5) is 4.79 Å². The summed E-state index contributed by atoms with van der Waals surface area (Å²) in [5.41, 5.74) is 4.14. The lowest BCUT2D eigenvalue weighted by molar-refractivity contribution is -0.144. The van der Waals surface area contributed by atoms with E-state index in [1.807, 2.05) is 41.3 Å². The van der Waals surface area contributed by atoms with Crippen LogP contribution in [0, 0.1) is 17.2 Å². The number of hydrogen-bond acceptors (Lipinski definition) is 5. The van der Waals surface area contributed by atoms with E-state index in [9.17, 15) is 19.6 Å². The van der Waals surface area contributed by atoms with Crippen molar-refractivity contribution in [1.82, 2.24) is 15.1 Å². The Morgan fingerprint density at radius 1 is 1.11 bits per heavy atom. The van der Waals surface area contributed by atoms with Crippen molar-refractivity contribution >= 4 is 17.9 Å². The smallest absolute Gasteiger partial charge is 0.317 e. The number of aryl methyl sites for hydroxylation is 1. The molecule has 0 bridgehead atoms. The molecule has 2 aliphatic rings. The van der Waals surface area contributed by atoms with Gasteiger partial charge >= 0.3 is 12.0 Å². The van der Waals surface area contributed by atoms with Crippen LogP contribution in [0.25, 0.3) is 0 Å². The quantitative estimate of drug-likeness (QED) is 0.559. The molecule has 2 aliphatic heterocycles. The van der Waals surface area contributed by atoms with Crippen molar-refractivity contribution in [2.24, 2.45) is 5.92 Å². The zero-order valence-corrected chi connectivity index (χ0v) is 21.3. The van der Waals surface area contributed by atoms with Crippen molar-refractivity contribution in [2.45, 2.75) is 44.6 Å². The fourth-order valence-corrected chi connectivity index (χ4v) is 5.33. The third-order valence-electron chi connectivity index (χ3n) is 7.39. The Labute approximate surface area is 218 Å². The van der Waals surface area contributed by atoms with Crippen molar-refractivity contribution in [3.8, 4) is 6.07 Å². The number of nitrogens with zero attached hydrogens (tertiary/aromatic N) is 3. The Hall–Kier alpha value is -3.86. The van der Waals surface area contributed by atoms with Gasteiger partial charge in [0.2, 0.25) is 5.91 Å². The van der Waals surface area contributed by atoms with Gasteiger partial charge in [0.05, 0.1) is 31.1 Å². The molecule has 0 aliphatic carbocycles. The van der Waals surface area contributed by atoms with Crippen LogP contribution in [-0.2, 0) is 33.6 Å². The zero-order chi connectivity index (χ0) is 26.2. The molecule has 8 heteroatoms. The van der Waals surface area contributed by atoms with Gasteiger partial charge in [0, 0.05) is 32.2 Å². The molecule has 1 N–H and O–H groups in total. The largest absolute Gasteiger partial charge is 0.469 e. The van der Waals surface area contributed by atoms with E-state index in [2.05, 4.69) is 23.5 Å². The van der Waals surface area contributed by atoms with Crippen molar-refractivity contribution < 1.29 is 19.1 Å². The molecular formula is C29H34N4O4. The minimum atomic E-state index is -0.423. The van der Waals surface area contributed by atoms with E-state index in [0.29, 0.717) is 44.6 Å². The highest BCUT2D eigenvalue weighted by Crippen LogP contribution is 2.28. The molecule has 8 nitrogen and oxygen atoms in total. The monoisotopic (exact) mass is 502 g/mol. The van der Waals surface area contributed by atoms with Gasteiger partial charge in [-0.05, 0) is 60.9 Å². The Kier molecular flexibility index (Phi) is 8.78. The Balaban J connectivity index is 1.35. The molecule has 2 heterocycles. The molecule has 1 saturated heterocycles. The fourth-order valence-electron chi connectivity index (χ4n) is 5.33. The molecule has 0 saturated carbocycles. The summed E-state index contributed by atoms with van der Waals surface area (Å²) in [7, 11) is 1.33. The van der Waals surface area contributed by atoms with E-state index in [4.69, 9.17) is 4.74 Å². The van der Waals surface area contributed by atoms with Crippen molar-refractivity contribution in [3.05, 3.63) is 70.8 Å². The highest BCUT2D eigenvalue weighted by atomic mass is 16.5. The lowest BCUT2D eigenvalue weighted by atomic mass is 10.0. The zero-order valence-electron chi connectivity index (χ0n) is 21.3. The van der Waals surface area contributed by atoms with Gasteiger partial charge in [-0.25, -0.2) is 4.79 Å². The number of methoxy groups -OCH3 is 1. The van der Waals surface area contributed by atoms with Gasteiger partial charge in [-0.3, -0.25) is 9.59 Å². The summed E-state index contributed by atoms with van der Waals surface area (Å²) in [5.74, 6) is -0.861. The second-order valence-corrected chi connectivity index (χ2v) is 9.76. The number of carbonyl (C=O) groups is 3. The van der Waals surface area contributed by atoms with Crippen LogP contribution in [0.5, 0.6) is 0 Å². The van der Waals surface area contributed by atoms with Crippen LogP contribution in [-0.4, -0.2) is 67.0 Å². The molecule has 2 aromatic rings. The van der Waals surface area contributed by atoms with Crippen molar-refractivity contribution in [3.63, 3.8) is 0 Å². The van der Waals surface area contributed by atoms with Crippen molar-refractivity contribution in [1.29, 1.82) is 5.26 Å². The van der Waals surface area contributed by atoms with Crippen LogP contribution < -0.4 is 5.32 Å². The topological polar surface area (TPSA) is 103 Å². The number of likely N-dealkylation sites (tertiary alicyclic amines) is 1. The number of hydrogen-bond donors (Lipinski definition) is 1. The molecule has 0 radical (unpaired) electrons. The van der Waals surface area contributed by atoms with Crippen LogP contribution in [0.15, 0.2) is 48.5 Å². The Morgan fingerprint density at radius 3 is 2.59 bits per heavy atom. The number of urea groups is 1. The van der Waals surface area contributed by atoms with Gasteiger partial charge in [-0.15, -0.1) is 0 Å². The van der Waals surface area contributed by atoms with Crippen LogP contribution in [0.3, 0.4) is 0 Å². The second-order valence-electron chi connectivity index (χ2n) is 9.76.